The molecular formula is C22H28N2O3S. The SMILES string of the molecule is CCN(CC)C(CNC(=O)CSc1ccc2c(c1)OCCO2)c1ccccc1. The molecule has 2 aromatic rings. The summed E-state index contributed by atoms with van der Waals surface area (Å²) in [4.78, 5) is 15.8. The normalized spacial score (nSPS) is 14.0. The molecule has 1 amide bonds. The number of thioether (sulfide) groups is 1. The number of nitrogens with zero attached hydrogens (tertiary/aromatic N) is 1. The van der Waals surface area contributed by atoms with Gasteiger partial charge in [0.15, 0.2) is 11.5 Å². The van der Waals surface area contributed by atoms with E-state index in [4.69, 9.17) is 9.47 Å². The quantitative estimate of drug-likeness (QED) is 0.650. The number of nitrogens with one attached hydrogen (secondary N) is 1. The van der Waals surface area contributed by atoms with E-state index in [2.05, 4.69) is 36.2 Å². The topological polar surface area (TPSA) is 50.8 Å². The molecule has 0 aliphatic carbocycles. The standard InChI is InChI=1S/C22H28N2O3S/c1-3-24(4-2)19(17-8-6-5-7-9-17)15-23-22(25)16-28-18-10-11-20-21(14-18)27-13-12-26-20/h5-11,14,19H,3-4,12-13,15-16H2,1-2H3,(H,23,25). The van der Waals surface area contributed by atoms with Gasteiger partial charge in [-0.3, -0.25) is 9.69 Å². The van der Waals surface area contributed by atoms with Crippen molar-refractivity contribution in [1.82, 2.24) is 10.2 Å². The zero-order valence-electron chi connectivity index (χ0n) is 16.5. The first-order valence-electron chi connectivity index (χ1n) is 9.79. The van der Waals surface area contributed by atoms with E-state index in [-0.39, 0.29) is 11.9 Å². The predicted molar refractivity (Wildman–Crippen MR) is 113 cm³/mol. The Morgan fingerprint density at radius 2 is 1.79 bits per heavy atom. The summed E-state index contributed by atoms with van der Waals surface area (Å²) < 4.78 is 11.1. The number of ether oxygens (including phenoxy) is 2. The Labute approximate surface area is 171 Å². The molecule has 0 saturated carbocycles. The number of amides is 1. The highest BCUT2D eigenvalue weighted by atomic mass is 32.2. The summed E-state index contributed by atoms with van der Waals surface area (Å²) in [5.74, 6) is 1.93. The van der Waals surface area contributed by atoms with Crippen LogP contribution < -0.4 is 14.8 Å². The number of hydrogen-bond acceptors (Lipinski definition) is 5. The Morgan fingerprint density at radius 1 is 1.07 bits per heavy atom. The Hall–Kier alpha value is -2.18. The van der Waals surface area contributed by atoms with Gasteiger partial charge in [-0.1, -0.05) is 44.2 Å². The molecule has 0 radical (unpaired) electrons. The molecule has 1 heterocycles. The summed E-state index contributed by atoms with van der Waals surface area (Å²) in [5, 5.41) is 3.11. The van der Waals surface area contributed by atoms with Gasteiger partial charge < -0.3 is 14.8 Å². The number of likely N-dealkylation sites (N-methyl/N-ethyl adjacent to an activating group) is 1. The van der Waals surface area contributed by atoms with E-state index in [9.17, 15) is 4.79 Å². The third-order valence-electron chi connectivity index (χ3n) is 4.81. The lowest BCUT2D eigenvalue weighted by Crippen LogP contribution is -2.38. The molecule has 28 heavy (non-hydrogen) atoms. The van der Waals surface area contributed by atoms with E-state index in [1.165, 1.54) is 17.3 Å². The Kier molecular flexibility index (Phi) is 7.62. The van der Waals surface area contributed by atoms with E-state index >= 15 is 0 Å². The molecule has 6 heteroatoms. The van der Waals surface area contributed by atoms with Crippen molar-refractivity contribution in [3.8, 4) is 11.5 Å². The first-order valence-corrected chi connectivity index (χ1v) is 10.8. The van der Waals surface area contributed by atoms with Crippen molar-refractivity contribution < 1.29 is 14.3 Å². The van der Waals surface area contributed by atoms with Crippen LogP contribution >= 0.6 is 11.8 Å². The van der Waals surface area contributed by atoms with Crippen molar-refractivity contribution in [2.24, 2.45) is 0 Å². The highest BCUT2D eigenvalue weighted by molar-refractivity contribution is 8.00. The van der Waals surface area contributed by atoms with E-state index < -0.39 is 0 Å². The summed E-state index contributed by atoms with van der Waals surface area (Å²) in [5.41, 5.74) is 1.23. The molecular weight excluding hydrogens is 372 g/mol. The fourth-order valence-corrected chi connectivity index (χ4v) is 4.08. The molecule has 3 rings (SSSR count). The summed E-state index contributed by atoms with van der Waals surface area (Å²) in [6.07, 6.45) is 0. The maximum atomic E-state index is 12.4. The third-order valence-corrected chi connectivity index (χ3v) is 5.81. The lowest BCUT2D eigenvalue weighted by molar-refractivity contribution is -0.118. The molecule has 0 saturated heterocycles. The minimum Gasteiger partial charge on any atom is -0.486 e. The number of carbonyl (C=O) groups is 1. The van der Waals surface area contributed by atoms with Crippen LogP contribution in [0, 0.1) is 0 Å². The van der Waals surface area contributed by atoms with Crippen molar-refractivity contribution >= 4 is 17.7 Å². The molecule has 1 aliphatic heterocycles. The van der Waals surface area contributed by atoms with Gasteiger partial charge in [0.1, 0.15) is 13.2 Å². The van der Waals surface area contributed by atoms with E-state index in [1.807, 2.05) is 36.4 Å². The maximum Gasteiger partial charge on any atom is 0.230 e. The van der Waals surface area contributed by atoms with Crippen molar-refractivity contribution in [3.05, 3.63) is 54.1 Å². The molecule has 0 aromatic heterocycles. The maximum absolute atomic E-state index is 12.4. The summed E-state index contributed by atoms with van der Waals surface area (Å²) in [6.45, 7) is 7.94. The van der Waals surface area contributed by atoms with Gasteiger partial charge in [-0.2, -0.15) is 0 Å². The molecule has 0 fully saturated rings. The van der Waals surface area contributed by atoms with Gasteiger partial charge in [0.2, 0.25) is 5.91 Å². The molecule has 0 spiro atoms. The van der Waals surface area contributed by atoms with Crippen LogP contribution in [0.25, 0.3) is 0 Å². The molecule has 150 valence electrons. The number of fused-ring (bicyclic) bond motifs is 1. The summed E-state index contributed by atoms with van der Waals surface area (Å²) in [6, 6.07) is 16.4. The Morgan fingerprint density at radius 3 is 2.50 bits per heavy atom. The second-order valence-electron chi connectivity index (χ2n) is 6.55. The number of rotatable bonds is 9. The van der Waals surface area contributed by atoms with Gasteiger partial charge in [0, 0.05) is 11.4 Å². The van der Waals surface area contributed by atoms with Crippen LogP contribution in [0.2, 0.25) is 0 Å². The average molecular weight is 401 g/mol. The van der Waals surface area contributed by atoms with Crippen LogP contribution in [-0.4, -0.2) is 49.4 Å². The van der Waals surface area contributed by atoms with Crippen LogP contribution in [0.4, 0.5) is 0 Å². The second-order valence-corrected chi connectivity index (χ2v) is 7.59. The first-order chi connectivity index (χ1) is 13.7. The minimum absolute atomic E-state index is 0.0352. The van der Waals surface area contributed by atoms with E-state index in [0.717, 1.165) is 29.5 Å². The smallest absolute Gasteiger partial charge is 0.230 e. The van der Waals surface area contributed by atoms with E-state index in [0.29, 0.717) is 25.5 Å². The molecule has 1 atom stereocenters. The van der Waals surface area contributed by atoms with E-state index in [1.54, 1.807) is 0 Å². The largest absolute Gasteiger partial charge is 0.486 e. The van der Waals surface area contributed by atoms with Gasteiger partial charge >= 0.3 is 0 Å². The van der Waals surface area contributed by atoms with Crippen molar-refractivity contribution in [2.45, 2.75) is 24.8 Å². The Bertz CT molecular complexity index is 766. The third kappa shape index (κ3) is 5.42. The number of benzene rings is 2. The lowest BCUT2D eigenvalue weighted by Gasteiger charge is -2.30. The molecule has 1 unspecified atom stereocenters. The highest BCUT2D eigenvalue weighted by Gasteiger charge is 2.19. The lowest BCUT2D eigenvalue weighted by atomic mass is 10.1. The van der Waals surface area contributed by atoms with Crippen LogP contribution in [0.5, 0.6) is 11.5 Å². The second kappa shape index (κ2) is 10.4. The van der Waals surface area contributed by atoms with Gasteiger partial charge in [-0.15, -0.1) is 11.8 Å². The molecule has 0 bridgehead atoms. The molecule has 5 nitrogen and oxygen atoms in total. The van der Waals surface area contributed by atoms with Crippen molar-refractivity contribution in [2.75, 3.05) is 38.6 Å². The van der Waals surface area contributed by atoms with Gasteiger partial charge in [0.25, 0.3) is 0 Å². The van der Waals surface area contributed by atoms with Crippen molar-refractivity contribution in [1.29, 1.82) is 0 Å². The van der Waals surface area contributed by atoms with Gasteiger partial charge in [-0.05, 0) is 36.9 Å². The van der Waals surface area contributed by atoms with Crippen LogP contribution in [0.15, 0.2) is 53.4 Å². The fraction of sp³-hybridized carbons (Fsp3) is 0.409. The fourth-order valence-electron chi connectivity index (χ4n) is 3.32. The van der Waals surface area contributed by atoms with Crippen molar-refractivity contribution in [3.63, 3.8) is 0 Å². The van der Waals surface area contributed by atoms with Crippen LogP contribution in [0.1, 0.15) is 25.5 Å². The summed E-state index contributed by atoms with van der Waals surface area (Å²) >= 11 is 1.51. The van der Waals surface area contributed by atoms with Crippen LogP contribution in [0.3, 0.4) is 0 Å². The predicted octanol–water partition coefficient (Wildman–Crippen LogP) is 3.75. The highest BCUT2D eigenvalue weighted by Crippen LogP contribution is 2.34. The zero-order valence-corrected chi connectivity index (χ0v) is 17.3. The number of hydrogen-bond donors (Lipinski definition) is 1. The minimum atomic E-state index is 0.0352. The molecule has 1 N–H and O–H groups in total. The first kappa shape index (κ1) is 20.6. The summed E-state index contributed by atoms with van der Waals surface area (Å²) in [7, 11) is 0. The van der Waals surface area contributed by atoms with Crippen LogP contribution in [-0.2, 0) is 4.79 Å². The average Bonchev–Trinajstić information content (AvgIpc) is 2.75. The molecule has 1 aliphatic rings. The van der Waals surface area contributed by atoms with Gasteiger partial charge in [0.05, 0.1) is 11.8 Å². The molecule has 2 aromatic carbocycles. The monoisotopic (exact) mass is 400 g/mol. The number of carbonyl (C=O) groups excluding carboxylic acids is 1. The van der Waals surface area contributed by atoms with Gasteiger partial charge in [-0.25, -0.2) is 0 Å². The zero-order chi connectivity index (χ0) is 19.8. The Balaban J connectivity index is 1.54.